The Balaban J connectivity index is 2.78. The van der Waals surface area contributed by atoms with E-state index in [1.165, 1.54) is 6.92 Å². The summed E-state index contributed by atoms with van der Waals surface area (Å²) in [6, 6.07) is 4.39. The fourth-order valence-corrected chi connectivity index (χ4v) is 2.44. The molecule has 0 aliphatic carbocycles. The zero-order valence-corrected chi connectivity index (χ0v) is 13.5. The number of amides is 2. The minimum absolute atomic E-state index is 0.337. The predicted molar refractivity (Wildman–Crippen MR) is 82.3 cm³/mol. The van der Waals surface area contributed by atoms with Gasteiger partial charge in [0, 0.05) is 4.47 Å². The fourth-order valence-electron chi connectivity index (χ4n) is 1.72. The summed E-state index contributed by atoms with van der Waals surface area (Å²) in [5.74, 6) is -1.07. The lowest BCUT2D eigenvalue weighted by atomic mass is 9.97. The molecule has 0 aliphatic heterocycles. The first-order valence-electron chi connectivity index (χ1n) is 6.06. The molecule has 0 aromatic heterocycles. The average molecular weight is 364 g/mol. The molecular weight excluding hydrogens is 348 g/mol. The van der Waals surface area contributed by atoms with E-state index in [-0.39, 0.29) is 0 Å². The molecule has 1 aromatic carbocycles. The van der Waals surface area contributed by atoms with Crippen molar-refractivity contribution in [3.05, 3.63) is 27.7 Å². The summed E-state index contributed by atoms with van der Waals surface area (Å²) in [5, 5.41) is 14.6. The number of carbonyl (C=O) groups excluding carboxylic acids is 1. The van der Waals surface area contributed by atoms with Crippen LogP contribution >= 0.6 is 27.5 Å². The van der Waals surface area contributed by atoms with Crippen LogP contribution in [-0.2, 0) is 4.79 Å². The van der Waals surface area contributed by atoms with Crippen molar-refractivity contribution in [1.29, 1.82) is 0 Å². The lowest BCUT2D eigenvalue weighted by Gasteiger charge is -2.25. The van der Waals surface area contributed by atoms with E-state index in [9.17, 15) is 14.7 Å². The topological polar surface area (TPSA) is 78.4 Å². The largest absolute Gasteiger partial charge is 0.480 e. The molecule has 1 atom stereocenters. The number of carboxylic acids is 1. The molecule has 1 unspecified atom stereocenters. The highest BCUT2D eigenvalue weighted by Gasteiger charge is 2.33. The molecule has 3 N–H and O–H groups in total. The molecule has 2 amide bonds. The van der Waals surface area contributed by atoms with Crippen LogP contribution in [0.3, 0.4) is 0 Å². The van der Waals surface area contributed by atoms with Crippen LogP contribution in [0.1, 0.15) is 26.7 Å². The van der Waals surface area contributed by atoms with E-state index in [1.807, 2.05) is 6.92 Å². The van der Waals surface area contributed by atoms with Gasteiger partial charge in [-0.15, -0.1) is 0 Å². The number of hydrogen-bond acceptors (Lipinski definition) is 2. The summed E-state index contributed by atoms with van der Waals surface area (Å²) >= 11 is 9.24. The van der Waals surface area contributed by atoms with Gasteiger partial charge < -0.3 is 15.7 Å². The lowest BCUT2D eigenvalue weighted by molar-refractivity contribution is -0.143. The third kappa shape index (κ3) is 4.38. The number of anilines is 1. The van der Waals surface area contributed by atoms with Gasteiger partial charge in [-0.1, -0.05) is 40.9 Å². The molecule has 0 aliphatic rings. The Morgan fingerprint density at radius 3 is 2.60 bits per heavy atom. The highest BCUT2D eigenvalue weighted by molar-refractivity contribution is 9.10. The average Bonchev–Trinajstić information content (AvgIpc) is 2.32. The Hall–Kier alpha value is -1.27. The Bertz CT molecular complexity index is 524. The summed E-state index contributed by atoms with van der Waals surface area (Å²) in [6.07, 6.45) is 0.978. The molecule has 0 bridgehead atoms. The van der Waals surface area contributed by atoms with Crippen LogP contribution in [-0.4, -0.2) is 22.6 Å². The molecule has 7 heteroatoms. The Kier molecular flexibility index (Phi) is 5.83. The molecule has 110 valence electrons. The van der Waals surface area contributed by atoms with E-state index in [1.54, 1.807) is 18.2 Å². The van der Waals surface area contributed by atoms with Crippen LogP contribution in [0.25, 0.3) is 0 Å². The van der Waals surface area contributed by atoms with Gasteiger partial charge in [0.25, 0.3) is 0 Å². The van der Waals surface area contributed by atoms with Crippen molar-refractivity contribution in [2.45, 2.75) is 32.2 Å². The number of hydrogen-bond donors (Lipinski definition) is 3. The van der Waals surface area contributed by atoms with Crippen LogP contribution in [0.2, 0.25) is 5.02 Å². The number of aliphatic carboxylic acids is 1. The van der Waals surface area contributed by atoms with Gasteiger partial charge in [0.2, 0.25) is 0 Å². The number of benzene rings is 1. The van der Waals surface area contributed by atoms with Gasteiger partial charge in [-0.2, -0.15) is 0 Å². The first kappa shape index (κ1) is 16.8. The van der Waals surface area contributed by atoms with Crippen LogP contribution in [0.15, 0.2) is 22.7 Å². The number of urea groups is 1. The molecule has 1 aromatic rings. The van der Waals surface area contributed by atoms with Gasteiger partial charge in [0.1, 0.15) is 5.54 Å². The smallest absolute Gasteiger partial charge is 0.329 e. The molecular formula is C13H16BrClN2O3. The maximum absolute atomic E-state index is 11.9. The van der Waals surface area contributed by atoms with E-state index in [2.05, 4.69) is 26.6 Å². The van der Waals surface area contributed by atoms with E-state index in [0.717, 1.165) is 4.47 Å². The van der Waals surface area contributed by atoms with Crippen molar-refractivity contribution >= 4 is 45.2 Å². The number of nitrogens with one attached hydrogen (secondary N) is 2. The van der Waals surface area contributed by atoms with E-state index in [4.69, 9.17) is 11.6 Å². The van der Waals surface area contributed by atoms with Gasteiger partial charge in [-0.3, -0.25) is 0 Å². The molecule has 5 nitrogen and oxygen atoms in total. The fraction of sp³-hybridized carbons (Fsp3) is 0.385. The first-order valence-corrected chi connectivity index (χ1v) is 7.23. The highest BCUT2D eigenvalue weighted by atomic mass is 79.9. The second-order valence-electron chi connectivity index (χ2n) is 4.59. The van der Waals surface area contributed by atoms with Crippen LogP contribution in [0.4, 0.5) is 10.5 Å². The normalized spacial score (nSPS) is 13.4. The van der Waals surface area contributed by atoms with Crippen molar-refractivity contribution in [1.82, 2.24) is 5.32 Å². The van der Waals surface area contributed by atoms with Crippen molar-refractivity contribution < 1.29 is 14.7 Å². The molecule has 0 saturated heterocycles. The maximum Gasteiger partial charge on any atom is 0.329 e. The molecule has 0 heterocycles. The minimum atomic E-state index is -1.30. The van der Waals surface area contributed by atoms with Gasteiger partial charge in [-0.25, -0.2) is 9.59 Å². The zero-order valence-electron chi connectivity index (χ0n) is 11.2. The van der Waals surface area contributed by atoms with Gasteiger partial charge in [0.05, 0.1) is 10.7 Å². The molecule has 0 fully saturated rings. The lowest BCUT2D eigenvalue weighted by Crippen LogP contribution is -2.53. The van der Waals surface area contributed by atoms with Crippen LogP contribution in [0.5, 0.6) is 0 Å². The Morgan fingerprint density at radius 1 is 1.45 bits per heavy atom. The first-order chi connectivity index (χ1) is 9.28. The third-order valence-electron chi connectivity index (χ3n) is 2.79. The molecule has 20 heavy (non-hydrogen) atoms. The van der Waals surface area contributed by atoms with E-state index >= 15 is 0 Å². The molecule has 0 radical (unpaired) electrons. The second-order valence-corrected chi connectivity index (χ2v) is 5.91. The molecule has 1 rings (SSSR count). The molecule has 0 saturated carbocycles. The van der Waals surface area contributed by atoms with Gasteiger partial charge in [-0.05, 0) is 31.5 Å². The van der Waals surface area contributed by atoms with Gasteiger partial charge in [0.15, 0.2) is 0 Å². The maximum atomic E-state index is 11.9. The monoisotopic (exact) mass is 362 g/mol. The Labute approximate surface area is 130 Å². The standard InChI is InChI=1S/C13H16BrClN2O3/c1-3-6-13(2,11(18)19)17-12(20)16-10-5-4-8(14)7-9(10)15/h4-5,7H,3,6H2,1-2H3,(H,18,19)(H2,16,17,20). The second kappa shape index (κ2) is 6.95. The summed E-state index contributed by atoms with van der Waals surface area (Å²) < 4.78 is 0.787. The summed E-state index contributed by atoms with van der Waals surface area (Å²) in [4.78, 5) is 23.1. The van der Waals surface area contributed by atoms with Crippen molar-refractivity contribution in [2.24, 2.45) is 0 Å². The summed E-state index contributed by atoms with van der Waals surface area (Å²) in [5.41, 5.74) is -0.891. The van der Waals surface area contributed by atoms with Crippen LogP contribution in [0, 0.1) is 0 Å². The van der Waals surface area contributed by atoms with Crippen molar-refractivity contribution in [2.75, 3.05) is 5.32 Å². The van der Waals surface area contributed by atoms with Crippen molar-refractivity contribution in [3.63, 3.8) is 0 Å². The molecule has 0 spiro atoms. The Morgan fingerprint density at radius 2 is 2.10 bits per heavy atom. The SMILES string of the molecule is CCCC(C)(NC(=O)Nc1ccc(Br)cc1Cl)C(=O)O. The third-order valence-corrected chi connectivity index (χ3v) is 3.60. The summed E-state index contributed by atoms with van der Waals surface area (Å²) in [7, 11) is 0. The highest BCUT2D eigenvalue weighted by Crippen LogP contribution is 2.25. The predicted octanol–water partition coefficient (Wildman–Crippen LogP) is 3.87. The minimum Gasteiger partial charge on any atom is -0.480 e. The van der Waals surface area contributed by atoms with Crippen LogP contribution < -0.4 is 10.6 Å². The van der Waals surface area contributed by atoms with Crippen molar-refractivity contribution in [3.8, 4) is 0 Å². The van der Waals surface area contributed by atoms with Gasteiger partial charge >= 0.3 is 12.0 Å². The summed E-state index contributed by atoms with van der Waals surface area (Å²) in [6.45, 7) is 3.33. The number of rotatable bonds is 5. The quantitative estimate of drug-likeness (QED) is 0.743. The zero-order chi connectivity index (χ0) is 15.3. The van der Waals surface area contributed by atoms with E-state index < -0.39 is 17.5 Å². The number of halogens is 2. The number of carbonyl (C=O) groups is 2. The van der Waals surface area contributed by atoms with E-state index in [0.29, 0.717) is 23.6 Å². The number of carboxylic acid groups (broad SMARTS) is 1.